The average Bonchev–Trinajstić information content (AvgIpc) is 2.92. The highest BCUT2D eigenvalue weighted by atomic mass is 19.1. The lowest BCUT2D eigenvalue weighted by molar-refractivity contribution is -0.575. The Kier molecular flexibility index (Phi) is 2.41. The Bertz CT molecular complexity index is 961. The van der Waals surface area contributed by atoms with Crippen molar-refractivity contribution in [3.63, 3.8) is 0 Å². The van der Waals surface area contributed by atoms with E-state index in [1.807, 2.05) is 22.8 Å². The van der Waals surface area contributed by atoms with E-state index < -0.39 is 0 Å². The number of pyridine rings is 1. The Hall–Kier alpha value is -2.95. The predicted octanol–water partition coefficient (Wildman–Crippen LogP) is 2.95. The molecule has 2 aromatic carbocycles. The Morgan fingerprint density at radius 2 is 1.81 bits per heavy atom. The van der Waals surface area contributed by atoms with Crippen LogP contribution in [0.3, 0.4) is 0 Å². The summed E-state index contributed by atoms with van der Waals surface area (Å²) in [6, 6.07) is 13.5. The Balaban J connectivity index is 2.11. The van der Waals surface area contributed by atoms with Crippen LogP contribution in [0.4, 0.5) is 4.39 Å². The van der Waals surface area contributed by atoms with Crippen molar-refractivity contribution < 1.29 is 9.12 Å². The largest absolute Gasteiger partial charge is 0.618 e. The van der Waals surface area contributed by atoms with Crippen LogP contribution in [0.15, 0.2) is 61.1 Å². The molecule has 0 aliphatic heterocycles. The van der Waals surface area contributed by atoms with E-state index in [2.05, 4.69) is 4.98 Å². The van der Waals surface area contributed by atoms with Crippen LogP contribution in [0, 0.1) is 11.0 Å². The molecule has 0 atom stereocenters. The molecule has 0 N–H and O–H groups in total. The lowest BCUT2D eigenvalue weighted by atomic mass is 10.2. The third-order valence-corrected chi connectivity index (χ3v) is 3.54. The molecule has 102 valence electrons. The van der Waals surface area contributed by atoms with E-state index in [0.29, 0.717) is 11.0 Å². The van der Waals surface area contributed by atoms with Gasteiger partial charge < -0.3 is 5.21 Å². The van der Waals surface area contributed by atoms with E-state index in [-0.39, 0.29) is 5.82 Å². The van der Waals surface area contributed by atoms with Crippen LogP contribution in [-0.2, 0) is 0 Å². The first-order chi connectivity index (χ1) is 10.2. The van der Waals surface area contributed by atoms with Crippen molar-refractivity contribution in [3.8, 4) is 5.69 Å². The van der Waals surface area contributed by atoms with E-state index in [9.17, 15) is 9.60 Å². The van der Waals surface area contributed by atoms with Crippen LogP contribution in [0.2, 0.25) is 0 Å². The number of rotatable bonds is 1. The molecule has 0 radical (unpaired) electrons. The molecule has 0 saturated carbocycles. The van der Waals surface area contributed by atoms with Gasteiger partial charge in [-0.25, -0.2) is 9.37 Å². The van der Waals surface area contributed by atoms with Gasteiger partial charge in [0, 0.05) is 11.8 Å². The van der Waals surface area contributed by atoms with Gasteiger partial charge in [0.25, 0.3) is 0 Å². The summed E-state index contributed by atoms with van der Waals surface area (Å²) in [5, 5.41) is 12.8. The quantitative estimate of drug-likeness (QED) is 0.397. The van der Waals surface area contributed by atoms with Crippen LogP contribution in [-0.4, -0.2) is 9.55 Å². The first kappa shape index (κ1) is 11.8. The lowest BCUT2D eigenvalue weighted by Crippen LogP contribution is -2.26. The van der Waals surface area contributed by atoms with E-state index >= 15 is 0 Å². The molecule has 0 spiro atoms. The molecule has 0 aliphatic rings. The van der Waals surface area contributed by atoms with Gasteiger partial charge in [0.15, 0.2) is 5.52 Å². The molecule has 2 aromatic heterocycles. The smallest absolute Gasteiger partial charge is 0.226 e. The second-order valence-electron chi connectivity index (χ2n) is 4.80. The monoisotopic (exact) mass is 279 g/mol. The van der Waals surface area contributed by atoms with Gasteiger partial charge in [0.2, 0.25) is 11.7 Å². The molecular formula is C16H10FN3O. The first-order valence-corrected chi connectivity index (χ1v) is 6.48. The van der Waals surface area contributed by atoms with Gasteiger partial charge in [-0.2, -0.15) is 4.73 Å². The van der Waals surface area contributed by atoms with Crippen LogP contribution in [0.5, 0.6) is 0 Å². The summed E-state index contributed by atoms with van der Waals surface area (Å²) in [7, 11) is 0. The fourth-order valence-corrected chi connectivity index (χ4v) is 2.57. The number of imidazole rings is 1. The van der Waals surface area contributed by atoms with Crippen molar-refractivity contribution in [1.29, 1.82) is 0 Å². The SMILES string of the molecule is [O-][n+]1cc2ncn(-c3ccc(F)cc3)c2c2ccccc21. The molecule has 0 aliphatic carbocycles. The maximum atomic E-state index is 13.1. The maximum absolute atomic E-state index is 13.1. The van der Waals surface area contributed by atoms with E-state index in [4.69, 9.17) is 0 Å². The molecule has 0 saturated heterocycles. The highest BCUT2D eigenvalue weighted by molar-refractivity contribution is 6.01. The summed E-state index contributed by atoms with van der Waals surface area (Å²) in [6.07, 6.45) is 3.10. The zero-order valence-electron chi connectivity index (χ0n) is 10.9. The topological polar surface area (TPSA) is 44.8 Å². The molecule has 0 amide bonds. The van der Waals surface area contributed by atoms with Gasteiger partial charge in [-0.1, -0.05) is 12.1 Å². The van der Waals surface area contributed by atoms with E-state index in [1.54, 1.807) is 24.5 Å². The molecule has 5 heteroatoms. The van der Waals surface area contributed by atoms with Gasteiger partial charge >= 0.3 is 0 Å². The summed E-state index contributed by atoms with van der Waals surface area (Å²) in [4.78, 5) is 4.28. The van der Waals surface area contributed by atoms with Gasteiger partial charge in [-0.15, -0.1) is 0 Å². The minimum atomic E-state index is -0.287. The highest BCUT2D eigenvalue weighted by Gasteiger charge is 2.14. The molecule has 21 heavy (non-hydrogen) atoms. The Labute approximate surface area is 119 Å². The normalized spacial score (nSPS) is 11.3. The number of fused-ring (bicyclic) bond motifs is 3. The van der Waals surface area contributed by atoms with Crippen LogP contribution >= 0.6 is 0 Å². The number of hydrogen-bond donors (Lipinski definition) is 0. The molecule has 4 rings (SSSR count). The number of hydrogen-bond acceptors (Lipinski definition) is 2. The predicted molar refractivity (Wildman–Crippen MR) is 77.5 cm³/mol. The number of aromatic nitrogens is 3. The zero-order valence-corrected chi connectivity index (χ0v) is 10.9. The summed E-state index contributed by atoms with van der Waals surface area (Å²) < 4.78 is 15.8. The molecule has 2 heterocycles. The van der Waals surface area contributed by atoms with E-state index in [0.717, 1.165) is 21.3 Å². The summed E-state index contributed by atoms with van der Waals surface area (Å²) in [5.74, 6) is -0.287. The Morgan fingerprint density at radius 3 is 2.62 bits per heavy atom. The van der Waals surface area contributed by atoms with Gasteiger partial charge in [-0.05, 0) is 30.3 Å². The minimum absolute atomic E-state index is 0.287. The molecular weight excluding hydrogens is 269 g/mol. The lowest BCUT2D eigenvalue weighted by Gasteiger charge is -2.07. The standard InChI is InChI=1S/C16H10FN3O/c17-11-5-7-12(8-6-11)19-10-18-14-9-20(21)15-4-2-1-3-13(15)16(14)19/h1-10H. The van der Waals surface area contributed by atoms with Crippen molar-refractivity contribution in [2.24, 2.45) is 0 Å². The second-order valence-corrected chi connectivity index (χ2v) is 4.80. The highest BCUT2D eigenvalue weighted by Crippen LogP contribution is 2.24. The maximum Gasteiger partial charge on any atom is 0.226 e. The molecule has 0 fully saturated rings. The summed E-state index contributed by atoms with van der Waals surface area (Å²) in [5.41, 5.74) is 2.82. The van der Waals surface area contributed by atoms with Crippen LogP contribution in [0.1, 0.15) is 0 Å². The molecule has 4 nitrogen and oxygen atoms in total. The number of para-hydroxylation sites is 1. The van der Waals surface area contributed by atoms with Gasteiger partial charge in [0.1, 0.15) is 12.1 Å². The molecule has 4 aromatic rings. The average molecular weight is 279 g/mol. The van der Waals surface area contributed by atoms with Gasteiger partial charge in [0.05, 0.1) is 10.9 Å². The van der Waals surface area contributed by atoms with Crippen molar-refractivity contribution in [2.45, 2.75) is 0 Å². The Morgan fingerprint density at radius 1 is 1.05 bits per heavy atom. The summed E-state index contributed by atoms with van der Waals surface area (Å²) >= 11 is 0. The third-order valence-electron chi connectivity index (χ3n) is 3.54. The van der Waals surface area contributed by atoms with Crippen molar-refractivity contribution >= 4 is 21.9 Å². The number of nitrogens with zero attached hydrogens (tertiary/aromatic N) is 3. The molecule has 0 unspecified atom stereocenters. The van der Waals surface area contributed by atoms with E-state index in [1.165, 1.54) is 18.3 Å². The van der Waals surface area contributed by atoms with Crippen LogP contribution < -0.4 is 4.73 Å². The summed E-state index contributed by atoms with van der Waals surface area (Å²) in [6.45, 7) is 0. The number of halogens is 1. The van der Waals surface area contributed by atoms with Crippen molar-refractivity contribution in [3.05, 3.63) is 72.1 Å². The van der Waals surface area contributed by atoms with Gasteiger partial charge in [-0.3, -0.25) is 4.57 Å². The zero-order chi connectivity index (χ0) is 14.4. The van der Waals surface area contributed by atoms with Crippen LogP contribution in [0.25, 0.3) is 27.6 Å². The second kappa shape index (κ2) is 4.28. The molecule has 0 bridgehead atoms. The fraction of sp³-hybridized carbons (Fsp3) is 0. The fourth-order valence-electron chi connectivity index (χ4n) is 2.57. The third kappa shape index (κ3) is 1.74. The van der Waals surface area contributed by atoms with Crippen molar-refractivity contribution in [1.82, 2.24) is 9.55 Å². The first-order valence-electron chi connectivity index (χ1n) is 6.48. The number of benzene rings is 2. The van der Waals surface area contributed by atoms with Crippen molar-refractivity contribution in [2.75, 3.05) is 0 Å². The minimum Gasteiger partial charge on any atom is -0.618 e.